The van der Waals surface area contributed by atoms with Crippen LogP contribution in [0.1, 0.15) is 12.0 Å². The first-order valence-electron chi connectivity index (χ1n) is 5.99. The van der Waals surface area contributed by atoms with Crippen LogP contribution in [0.4, 0.5) is 0 Å². The summed E-state index contributed by atoms with van der Waals surface area (Å²) in [6, 6.07) is 14.1. The molecule has 0 spiro atoms. The molecule has 2 nitrogen and oxygen atoms in total. The van der Waals surface area contributed by atoms with Gasteiger partial charge in [-0.15, -0.1) is 0 Å². The van der Waals surface area contributed by atoms with E-state index in [-0.39, 0.29) is 0 Å². The molecule has 3 rings (SSSR count). The second-order valence-electron chi connectivity index (χ2n) is 4.12. The van der Waals surface area contributed by atoms with Gasteiger partial charge in [0.1, 0.15) is 5.58 Å². The summed E-state index contributed by atoms with van der Waals surface area (Å²) in [5.74, 6) is 6.18. The quantitative estimate of drug-likeness (QED) is 0.657. The highest BCUT2D eigenvalue weighted by Gasteiger charge is 2.08. The Bertz CT molecular complexity index is 759. The van der Waals surface area contributed by atoms with Gasteiger partial charge in [-0.3, -0.25) is 0 Å². The topological polar surface area (TPSA) is 39.2 Å². The number of rotatable bonds is 1. The lowest BCUT2D eigenvalue weighted by atomic mass is 10.1. The van der Waals surface area contributed by atoms with Gasteiger partial charge in [0.15, 0.2) is 5.58 Å². The molecule has 0 bridgehead atoms. The van der Waals surface area contributed by atoms with Crippen LogP contribution in [-0.4, -0.2) is 6.54 Å². The molecule has 2 N–H and O–H groups in total. The van der Waals surface area contributed by atoms with Crippen LogP contribution >= 0.6 is 0 Å². The molecular formula is C16H13NO. The molecule has 0 radical (unpaired) electrons. The van der Waals surface area contributed by atoms with Crippen molar-refractivity contribution >= 4 is 21.9 Å². The maximum Gasteiger partial charge on any atom is 0.151 e. The zero-order valence-corrected chi connectivity index (χ0v) is 9.94. The summed E-state index contributed by atoms with van der Waals surface area (Å²) < 4.78 is 5.88. The highest BCUT2D eigenvalue weighted by molar-refractivity contribution is 6.06. The van der Waals surface area contributed by atoms with Crippen molar-refractivity contribution in [1.29, 1.82) is 0 Å². The van der Waals surface area contributed by atoms with Crippen LogP contribution in [0.5, 0.6) is 0 Å². The average molecular weight is 235 g/mol. The Balaban J connectivity index is 2.25. The van der Waals surface area contributed by atoms with Gasteiger partial charge in [0.05, 0.1) is 5.56 Å². The van der Waals surface area contributed by atoms with Crippen molar-refractivity contribution in [2.24, 2.45) is 5.73 Å². The lowest BCUT2D eigenvalue weighted by molar-refractivity contribution is 0.668. The average Bonchev–Trinajstić information content (AvgIpc) is 2.79. The van der Waals surface area contributed by atoms with Crippen LogP contribution in [-0.2, 0) is 0 Å². The van der Waals surface area contributed by atoms with Gasteiger partial charge < -0.3 is 10.2 Å². The fraction of sp³-hybridized carbons (Fsp3) is 0.125. The standard InChI is InChI=1S/C16H13NO/c17-11-4-3-6-12-7-5-9-14-13-8-1-2-10-15(13)18-16(12)14/h1-2,5,7-10H,4,11,17H2. The second-order valence-corrected chi connectivity index (χ2v) is 4.12. The zero-order valence-electron chi connectivity index (χ0n) is 9.94. The van der Waals surface area contributed by atoms with Gasteiger partial charge >= 0.3 is 0 Å². The summed E-state index contributed by atoms with van der Waals surface area (Å²) in [4.78, 5) is 0. The van der Waals surface area contributed by atoms with Crippen molar-refractivity contribution < 1.29 is 4.42 Å². The Labute approximate surface area is 105 Å². The van der Waals surface area contributed by atoms with Crippen molar-refractivity contribution in [3.63, 3.8) is 0 Å². The Morgan fingerprint density at radius 2 is 1.83 bits per heavy atom. The first-order valence-corrected chi connectivity index (χ1v) is 5.99. The van der Waals surface area contributed by atoms with Gasteiger partial charge in [0, 0.05) is 23.7 Å². The molecule has 0 saturated heterocycles. The molecule has 88 valence electrons. The highest BCUT2D eigenvalue weighted by Crippen LogP contribution is 2.30. The summed E-state index contributed by atoms with van der Waals surface area (Å²) in [5, 5.41) is 2.25. The van der Waals surface area contributed by atoms with E-state index < -0.39 is 0 Å². The van der Waals surface area contributed by atoms with Crippen LogP contribution < -0.4 is 5.73 Å². The molecular weight excluding hydrogens is 222 g/mol. The molecule has 3 aromatic rings. The Kier molecular flexibility index (Phi) is 2.76. The Morgan fingerprint density at radius 1 is 1.00 bits per heavy atom. The van der Waals surface area contributed by atoms with Gasteiger partial charge in [-0.05, 0) is 12.1 Å². The summed E-state index contributed by atoms with van der Waals surface area (Å²) in [6.45, 7) is 0.586. The molecule has 0 aliphatic rings. The lowest BCUT2D eigenvalue weighted by Gasteiger charge is -1.92. The molecule has 0 unspecified atom stereocenters. The predicted octanol–water partition coefficient (Wildman–Crippen LogP) is 3.29. The van der Waals surface area contributed by atoms with Crippen molar-refractivity contribution in [1.82, 2.24) is 0 Å². The van der Waals surface area contributed by atoms with E-state index in [9.17, 15) is 0 Å². The number of benzene rings is 2. The molecule has 1 heterocycles. The van der Waals surface area contributed by atoms with E-state index in [4.69, 9.17) is 10.2 Å². The van der Waals surface area contributed by atoms with Gasteiger partial charge in [0.2, 0.25) is 0 Å². The summed E-state index contributed by atoms with van der Waals surface area (Å²) in [7, 11) is 0. The summed E-state index contributed by atoms with van der Waals surface area (Å²) in [5.41, 5.74) is 8.14. The second kappa shape index (κ2) is 4.56. The number of para-hydroxylation sites is 2. The molecule has 1 aromatic heterocycles. The Hall–Kier alpha value is -2.24. The molecule has 0 amide bonds. The maximum absolute atomic E-state index is 5.88. The van der Waals surface area contributed by atoms with E-state index in [1.165, 1.54) is 0 Å². The molecule has 2 aromatic carbocycles. The third-order valence-electron chi connectivity index (χ3n) is 2.90. The number of nitrogens with two attached hydrogens (primary N) is 1. The smallest absolute Gasteiger partial charge is 0.151 e. The minimum atomic E-state index is 0.586. The first-order chi connectivity index (χ1) is 8.90. The van der Waals surface area contributed by atoms with Crippen molar-refractivity contribution in [2.75, 3.05) is 6.54 Å². The van der Waals surface area contributed by atoms with Crippen LogP contribution in [0.3, 0.4) is 0 Å². The third kappa shape index (κ3) is 1.75. The fourth-order valence-corrected chi connectivity index (χ4v) is 2.08. The first kappa shape index (κ1) is 10.9. The number of hydrogen-bond donors (Lipinski definition) is 1. The van der Waals surface area contributed by atoms with Crippen LogP contribution in [0, 0.1) is 11.8 Å². The molecule has 0 fully saturated rings. The van der Waals surface area contributed by atoms with Gasteiger partial charge in [-0.2, -0.15) is 0 Å². The molecule has 0 saturated carbocycles. The molecule has 0 atom stereocenters. The van der Waals surface area contributed by atoms with Crippen molar-refractivity contribution in [3.8, 4) is 11.8 Å². The summed E-state index contributed by atoms with van der Waals surface area (Å²) >= 11 is 0. The largest absolute Gasteiger partial charge is 0.455 e. The number of fused-ring (bicyclic) bond motifs is 3. The summed E-state index contributed by atoms with van der Waals surface area (Å²) in [6.07, 6.45) is 0.705. The van der Waals surface area contributed by atoms with Crippen molar-refractivity contribution in [2.45, 2.75) is 6.42 Å². The maximum atomic E-state index is 5.88. The van der Waals surface area contributed by atoms with E-state index in [0.29, 0.717) is 13.0 Å². The number of furan rings is 1. The lowest BCUT2D eigenvalue weighted by Crippen LogP contribution is -1.95. The molecule has 0 aliphatic carbocycles. The highest BCUT2D eigenvalue weighted by atomic mass is 16.3. The van der Waals surface area contributed by atoms with E-state index in [2.05, 4.69) is 24.0 Å². The van der Waals surface area contributed by atoms with Gasteiger partial charge in [0.25, 0.3) is 0 Å². The normalized spacial score (nSPS) is 10.5. The third-order valence-corrected chi connectivity index (χ3v) is 2.90. The minimum absolute atomic E-state index is 0.586. The monoisotopic (exact) mass is 235 g/mol. The molecule has 2 heteroatoms. The fourth-order valence-electron chi connectivity index (χ4n) is 2.08. The van der Waals surface area contributed by atoms with Crippen molar-refractivity contribution in [3.05, 3.63) is 48.0 Å². The van der Waals surface area contributed by atoms with E-state index in [1.54, 1.807) is 0 Å². The van der Waals surface area contributed by atoms with Crippen LogP contribution in [0.25, 0.3) is 21.9 Å². The molecule has 0 aliphatic heterocycles. The predicted molar refractivity (Wildman–Crippen MR) is 74.3 cm³/mol. The van der Waals surface area contributed by atoms with Gasteiger partial charge in [-0.1, -0.05) is 42.2 Å². The van der Waals surface area contributed by atoms with Crippen LogP contribution in [0.15, 0.2) is 46.9 Å². The van der Waals surface area contributed by atoms with Gasteiger partial charge in [-0.25, -0.2) is 0 Å². The zero-order chi connectivity index (χ0) is 12.4. The SMILES string of the molecule is NCCC#Cc1cccc2c1oc1ccccc12. The number of hydrogen-bond acceptors (Lipinski definition) is 2. The Morgan fingerprint density at radius 3 is 2.72 bits per heavy atom. The molecule has 18 heavy (non-hydrogen) atoms. The minimum Gasteiger partial charge on any atom is -0.455 e. The van der Waals surface area contributed by atoms with E-state index in [0.717, 1.165) is 27.5 Å². The van der Waals surface area contributed by atoms with E-state index >= 15 is 0 Å². The van der Waals surface area contributed by atoms with E-state index in [1.807, 2.05) is 30.3 Å². The van der Waals surface area contributed by atoms with Crippen LogP contribution in [0.2, 0.25) is 0 Å².